The number of guanidine groups is 1. The SMILES string of the molecule is CCNC(=NCc1nccc2ccccc12)NCC(C)(O)c1ccsc1.I. The smallest absolute Gasteiger partial charge is 0.191 e. The monoisotopic (exact) mass is 496 g/mol. The van der Waals surface area contributed by atoms with Crippen molar-refractivity contribution in [1.29, 1.82) is 0 Å². The number of pyridine rings is 1. The average molecular weight is 496 g/mol. The van der Waals surface area contributed by atoms with E-state index in [1.54, 1.807) is 18.3 Å². The van der Waals surface area contributed by atoms with Crippen molar-refractivity contribution in [1.82, 2.24) is 15.6 Å². The first-order valence-electron chi connectivity index (χ1n) is 8.70. The number of hydrogen-bond acceptors (Lipinski definition) is 4. The normalized spacial score (nSPS) is 13.7. The van der Waals surface area contributed by atoms with Gasteiger partial charge in [-0.05, 0) is 47.7 Å². The van der Waals surface area contributed by atoms with Gasteiger partial charge in [-0.25, -0.2) is 4.99 Å². The number of fused-ring (bicyclic) bond motifs is 1. The number of aromatic nitrogens is 1. The van der Waals surface area contributed by atoms with Gasteiger partial charge >= 0.3 is 0 Å². The third kappa shape index (κ3) is 5.63. The summed E-state index contributed by atoms with van der Waals surface area (Å²) in [5, 5.41) is 23.3. The van der Waals surface area contributed by atoms with Gasteiger partial charge in [0.15, 0.2) is 5.96 Å². The molecule has 0 radical (unpaired) electrons. The van der Waals surface area contributed by atoms with Gasteiger partial charge in [-0.1, -0.05) is 24.3 Å². The number of benzene rings is 1. The number of rotatable bonds is 6. The summed E-state index contributed by atoms with van der Waals surface area (Å²) in [6, 6.07) is 12.1. The molecule has 1 atom stereocenters. The van der Waals surface area contributed by atoms with Crippen LogP contribution in [-0.2, 0) is 12.1 Å². The molecule has 5 nitrogen and oxygen atoms in total. The summed E-state index contributed by atoms with van der Waals surface area (Å²) >= 11 is 1.58. The van der Waals surface area contributed by atoms with Crippen molar-refractivity contribution in [3.05, 3.63) is 64.6 Å². The predicted octanol–water partition coefficient (Wildman–Crippen LogP) is 3.88. The van der Waals surface area contributed by atoms with E-state index in [1.807, 2.05) is 48.1 Å². The number of hydrogen-bond donors (Lipinski definition) is 3. The Balaban J connectivity index is 0.00000261. The molecule has 2 aromatic heterocycles. The zero-order valence-corrected chi connectivity index (χ0v) is 18.6. The number of halogens is 1. The van der Waals surface area contributed by atoms with Gasteiger partial charge in [-0.2, -0.15) is 11.3 Å². The van der Waals surface area contributed by atoms with Crippen LogP contribution in [0.2, 0.25) is 0 Å². The summed E-state index contributed by atoms with van der Waals surface area (Å²) < 4.78 is 0. The Kier molecular flexibility index (Phi) is 8.00. The van der Waals surface area contributed by atoms with Crippen LogP contribution in [0.1, 0.15) is 25.1 Å². The van der Waals surface area contributed by atoms with E-state index in [0.717, 1.165) is 28.6 Å². The van der Waals surface area contributed by atoms with Gasteiger partial charge in [-0.15, -0.1) is 24.0 Å². The predicted molar refractivity (Wildman–Crippen MR) is 124 cm³/mol. The zero-order chi connectivity index (χ0) is 18.4. The largest absolute Gasteiger partial charge is 0.384 e. The van der Waals surface area contributed by atoms with E-state index in [0.29, 0.717) is 19.0 Å². The minimum atomic E-state index is -0.951. The molecular weight excluding hydrogens is 471 g/mol. The summed E-state index contributed by atoms with van der Waals surface area (Å²) in [6.07, 6.45) is 1.81. The van der Waals surface area contributed by atoms with Gasteiger partial charge in [-0.3, -0.25) is 4.98 Å². The fraction of sp³-hybridized carbons (Fsp3) is 0.300. The standard InChI is InChI=1S/C20H24N4OS.HI/c1-3-21-19(24-14-20(2,25)16-9-11-26-13-16)23-12-18-17-7-5-4-6-15(17)8-10-22-18;/h4-11,13,25H,3,12,14H2,1-2H3,(H2,21,23,24);1H. The Morgan fingerprint density at radius 3 is 2.78 bits per heavy atom. The van der Waals surface area contributed by atoms with Gasteiger partial charge in [0, 0.05) is 18.1 Å². The van der Waals surface area contributed by atoms with Crippen LogP contribution in [0.4, 0.5) is 0 Å². The number of thiophene rings is 1. The molecule has 0 fully saturated rings. The molecular formula is C20H25IN4OS. The molecule has 2 heterocycles. The second-order valence-corrected chi connectivity index (χ2v) is 7.09. The van der Waals surface area contributed by atoms with Crippen molar-refractivity contribution < 1.29 is 5.11 Å². The molecule has 27 heavy (non-hydrogen) atoms. The molecule has 3 rings (SSSR count). The number of nitrogens with one attached hydrogen (secondary N) is 2. The molecule has 1 unspecified atom stereocenters. The van der Waals surface area contributed by atoms with E-state index in [1.165, 1.54) is 0 Å². The molecule has 3 N–H and O–H groups in total. The first kappa shape index (κ1) is 21.6. The highest BCUT2D eigenvalue weighted by molar-refractivity contribution is 14.0. The third-order valence-corrected chi connectivity index (χ3v) is 4.91. The Morgan fingerprint density at radius 1 is 1.22 bits per heavy atom. The van der Waals surface area contributed by atoms with Crippen LogP contribution >= 0.6 is 35.3 Å². The minimum absolute atomic E-state index is 0. The van der Waals surface area contributed by atoms with Crippen LogP contribution in [0.15, 0.2) is 58.3 Å². The van der Waals surface area contributed by atoms with Crippen molar-refractivity contribution in [2.75, 3.05) is 13.1 Å². The Bertz CT molecular complexity index is 875. The summed E-state index contributed by atoms with van der Waals surface area (Å²) in [6.45, 7) is 5.41. The van der Waals surface area contributed by atoms with Crippen molar-refractivity contribution in [3.8, 4) is 0 Å². The molecule has 0 saturated carbocycles. The third-order valence-electron chi connectivity index (χ3n) is 4.23. The second-order valence-electron chi connectivity index (χ2n) is 6.31. The van der Waals surface area contributed by atoms with Crippen molar-refractivity contribution in [2.24, 2.45) is 4.99 Å². The first-order chi connectivity index (χ1) is 12.6. The molecule has 0 aliphatic carbocycles. The molecule has 7 heteroatoms. The van der Waals surface area contributed by atoms with E-state index in [9.17, 15) is 5.11 Å². The van der Waals surface area contributed by atoms with Crippen molar-refractivity contribution >= 4 is 52.0 Å². The number of aliphatic imine (C=N–C) groups is 1. The van der Waals surface area contributed by atoms with Crippen molar-refractivity contribution in [3.63, 3.8) is 0 Å². The lowest BCUT2D eigenvalue weighted by Crippen LogP contribution is -2.44. The Morgan fingerprint density at radius 2 is 2.04 bits per heavy atom. The van der Waals surface area contributed by atoms with Crippen LogP contribution in [0.3, 0.4) is 0 Å². The summed E-state index contributed by atoms with van der Waals surface area (Å²) in [4.78, 5) is 9.12. The molecule has 1 aromatic carbocycles. The fourth-order valence-corrected chi connectivity index (χ4v) is 3.52. The van der Waals surface area contributed by atoms with Crippen LogP contribution in [-0.4, -0.2) is 29.1 Å². The lowest BCUT2D eigenvalue weighted by molar-refractivity contribution is 0.0621. The lowest BCUT2D eigenvalue weighted by Gasteiger charge is -2.24. The Hall–Kier alpha value is -1.71. The van der Waals surface area contributed by atoms with Gasteiger partial charge in [0.25, 0.3) is 0 Å². The van der Waals surface area contributed by atoms with Crippen molar-refractivity contribution in [2.45, 2.75) is 26.0 Å². The molecule has 3 aromatic rings. The van der Waals surface area contributed by atoms with Crippen LogP contribution in [0.5, 0.6) is 0 Å². The molecule has 0 amide bonds. The van der Waals surface area contributed by atoms with Gasteiger partial charge in [0.1, 0.15) is 5.60 Å². The highest BCUT2D eigenvalue weighted by atomic mass is 127. The van der Waals surface area contributed by atoms with E-state index < -0.39 is 5.60 Å². The molecule has 0 bridgehead atoms. The highest BCUT2D eigenvalue weighted by Gasteiger charge is 2.23. The van der Waals surface area contributed by atoms with E-state index in [2.05, 4.69) is 32.7 Å². The molecule has 0 aliphatic heterocycles. The first-order valence-corrected chi connectivity index (χ1v) is 9.64. The highest BCUT2D eigenvalue weighted by Crippen LogP contribution is 2.22. The van der Waals surface area contributed by atoms with Crippen LogP contribution < -0.4 is 10.6 Å². The summed E-state index contributed by atoms with van der Waals surface area (Å²) in [5.74, 6) is 0.665. The van der Waals surface area contributed by atoms with Gasteiger partial charge in [0.2, 0.25) is 0 Å². The lowest BCUT2D eigenvalue weighted by atomic mass is 9.99. The van der Waals surface area contributed by atoms with E-state index in [4.69, 9.17) is 0 Å². The average Bonchev–Trinajstić information content (AvgIpc) is 3.20. The van der Waals surface area contributed by atoms with Gasteiger partial charge in [0.05, 0.1) is 18.8 Å². The maximum absolute atomic E-state index is 10.7. The fourth-order valence-electron chi connectivity index (χ4n) is 2.73. The minimum Gasteiger partial charge on any atom is -0.384 e. The van der Waals surface area contributed by atoms with E-state index in [-0.39, 0.29) is 24.0 Å². The van der Waals surface area contributed by atoms with Gasteiger partial charge < -0.3 is 15.7 Å². The van der Waals surface area contributed by atoms with Crippen LogP contribution in [0.25, 0.3) is 10.8 Å². The van der Waals surface area contributed by atoms with Crippen LogP contribution in [0, 0.1) is 0 Å². The molecule has 144 valence electrons. The maximum atomic E-state index is 10.7. The zero-order valence-electron chi connectivity index (χ0n) is 15.5. The number of aliphatic hydroxyl groups is 1. The van der Waals surface area contributed by atoms with E-state index >= 15 is 0 Å². The molecule has 0 spiro atoms. The topological polar surface area (TPSA) is 69.5 Å². The molecule has 0 saturated heterocycles. The Labute approximate surface area is 181 Å². The second kappa shape index (κ2) is 10.0. The molecule has 0 aliphatic rings. The number of nitrogens with zero attached hydrogens (tertiary/aromatic N) is 2. The summed E-state index contributed by atoms with van der Waals surface area (Å²) in [5.41, 5.74) is 0.889. The maximum Gasteiger partial charge on any atom is 0.191 e. The quantitative estimate of drug-likeness (QED) is 0.275. The summed E-state index contributed by atoms with van der Waals surface area (Å²) in [7, 11) is 0.